The number of ether oxygens (including phenoxy) is 1. The number of anilines is 1. The molecular formula is C10H15N3OS. The third-order valence-electron chi connectivity index (χ3n) is 2.51. The molecule has 2 N–H and O–H groups in total. The predicted molar refractivity (Wildman–Crippen MR) is 62.0 cm³/mol. The Balaban J connectivity index is 2.17. The summed E-state index contributed by atoms with van der Waals surface area (Å²) in [6.07, 6.45) is 3.75. The third-order valence-corrected chi connectivity index (χ3v) is 3.91. The van der Waals surface area contributed by atoms with Gasteiger partial charge in [0, 0.05) is 5.25 Å². The number of hydrogen-bond acceptors (Lipinski definition) is 5. The minimum atomic E-state index is 0.416. The van der Waals surface area contributed by atoms with Crippen LogP contribution in [0.4, 0.5) is 5.69 Å². The number of nitrogen functional groups attached to an aromatic ring is 1. The van der Waals surface area contributed by atoms with Crippen molar-refractivity contribution in [3.8, 4) is 5.88 Å². The van der Waals surface area contributed by atoms with Gasteiger partial charge in [0.05, 0.1) is 18.5 Å². The van der Waals surface area contributed by atoms with Gasteiger partial charge in [0.25, 0.3) is 5.88 Å². The van der Waals surface area contributed by atoms with E-state index in [1.807, 2.05) is 17.8 Å². The lowest BCUT2D eigenvalue weighted by atomic mass is 10.1. The molecule has 0 spiro atoms. The second-order valence-electron chi connectivity index (χ2n) is 3.59. The van der Waals surface area contributed by atoms with Crippen molar-refractivity contribution in [2.75, 3.05) is 18.6 Å². The van der Waals surface area contributed by atoms with E-state index in [1.54, 1.807) is 7.11 Å². The summed E-state index contributed by atoms with van der Waals surface area (Å²) >= 11 is 1.94. The Morgan fingerprint density at radius 3 is 2.93 bits per heavy atom. The van der Waals surface area contributed by atoms with Crippen LogP contribution in [-0.4, -0.2) is 23.1 Å². The van der Waals surface area contributed by atoms with Crippen molar-refractivity contribution in [1.82, 2.24) is 10.2 Å². The lowest BCUT2D eigenvalue weighted by Crippen LogP contribution is -2.07. The van der Waals surface area contributed by atoms with Gasteiger partial charge in [0.15, 0.2) is 0 Å². The number of rotatable bonds is 2. The monoisotopic (exact) mass is 225 g/mol. The number of methoxy groups -OCH3 is 1. The maximum atomic E-state index is 5.80. The molecule has 0 saturated carbocycles. The molecule has 5 heteroatoms. The molecule has 0 bridgehead atoms. The summed E-state index contributed by atoms with van der Waals surface area (Å²) in [6.45, 7) is 0. The molecule has 2 rings (SSSR count). The van der Waals surface area contributed by atoms with E-state index in [2.05, 4.69) is 10.2 Å². The van der Waals surface area contributed by atoms with Gasteiger partial charge in [-0.25, -0.2) is 0 Å². The van der Waals surface area contributed by atoms with Crippen LogP contribution < -0.4 is 10.5 Å². The summed E-state index contributed by atoms with van der Waals surface area (Å²) in [6, 6.07) is 1.88. The summed E-state index contributed by atoms with van der Waals surface area (Å²) < 4.78 is 4.98. The maximum Gasteiger partial charge on any atom is 0.256 e. The molecule has 82 valence electrons. The highest BCUT2D eigenvalue weighted by atomic mass is 32.2. The first-order valence-corrected chi connectivity index (χ1v) is 6.15. The molecule has 1 aliphatic rings. The molecule has 2 heterocycles. The molecule has 1 fully saturated rings. The van der Waals surface area contributed by atoms with Gasteiger partial charge < -0.3 is 10.5 Å². The third kappa shape index (κ3) is 2.34. The Kier molecular flexibility index (Phi) is 3.30. The maximum absolute atomic E-state index is 5.80. The van der Waals surface area contributed by atoms with Crippen LogP contribution in [0.3, 0.4) is 0 Å². The highest BCUT2D eigenvalue weighted by Crippen LogP contribution is 2.38. The Morgan fingerprint density at radius 1 is 1.47 bits per heavy atom. The van der Waals surface area contributed by atoms with Crippen LogP contribution in [0.5, 0.6) is 5.88 Å². The second-order valence-corrected chi connectivity index (χ2v) is 4.90. The minimum absolute atomic E-state index is 0.416. The van der Waals surface area contributed by atoms with Crippen LogP contribution in [0.15, 0.2) is 6.07 Å². The standard InChI is InChI=1S/C10H15N3OS/c1-14-10-7(11)6-8(12-13-10)9-4-2-3-5-15-9/h6,9H,2-5H2,1H3,(H2,11,12). The fourth-order valence-corrected chi connectivity index (χ4v) is 2.98. The zero-order valence-electron chi connectivity index (χ0n) is 8.77. The van der Waals surface area contributed by atoms with Crippen molar-refractivity contribution >= 4 is 17.4 Å². The molecule has 1 atom stereocenters. The molecule has 15 heavy (non-hydrogen) atoms. The van der Waals surface area contributed by atoms with E-state index in [1.165, 1.54) is 25.0 Å². The molecule has 0 amide bonds. The van der Waals surface area contributed by atoms with Crippen LogP contribution in [-0.2, 0) is 0 Å². The van der Waals surface area contributed by atoms with Gasteiger partial charge in [-0.2, -0.15) is 16.9 Å². The van der Waals surface area contributed by atoms with E-state index in [-0.39, 0.29) is 0 Å². The number of thioether (sulfide) groups is 1. The number of hydrogen-bond donors (Lipinski definition) is 1. The molecule has 1 aliphatic heterocycles. The van der Waals surface area contributed by atoms with Gasteiger partial charge in [0.1, 0.15) is 0 Å². The predicted octanol–water partition coefficient (Wildman–Crippen LogP) is 2.03. The van der Waals surface area contributed by atoms with E-state index in [4.69, 9.17) is 10.5 Å². The van der Waals surface area contributed by atoms with Crippen LogP contribution in [0.1, 0.15) is 30.2 Å². The molecule has 0 radical (unpaired) electrons. The van der Waals surface area contributed by atoms with Gasteiger partial charge in [-0.3, -0.25) is 0 Å². The number of aromatic nitrogens is 2. The molecule has 1 unspecified atom stereocenters. The van der Waals surface area contributed by atoms with E-state index >= 15 is 0 Å². The molecule has 1 aromatic rings. The van der Waals surface area contributed by atoms with Crippen molar-refractivity contribution < 1.29 is 4.74 Å². The lowest BCUT2D eigenvalue weighted by Gasteiger charge is -2.20. The van der Waals surface area contributed by atoms with Crippen molar-refractivity contribution in [1.29, 1.82) is 0 Å². The normalized spacial score (nSPS) is 21.3. The molecular weight excluding hydrogens is 210 g/mol. The van der Waals surface area contributed by atoms with Gasteiger partial charge >= 0.3 is 0 Å². The van der Waals surface area contributed by atoms with Gasteiger partial charge in [0.2, 0.25) is 0 Å². The lowest BCUT2D eigenvalue weighted by molar-refractivity contribution is 0.393. The van der Waals surface area contributed by atoms with Crippen LogP contribution in [0, 0.1) is 0 Å². The van der Waals surface area contributed by atoms with Crippen molar-refractivity contribution in [2.24, 2.45) is 0 Å². The summed E-state index contributed by atoms with van der Waals surface area (Å²) in [7, 11) is 1.55. The fraction of sp³-hybridized carbons (Fsp3) is 0.600. The first-order valence-electron chi connectivity index (χ1n) is 5.10. The van der Waals surface area contributed by atoms with E-state index in [0.717, 1.165) is 5.69 Å². The Labute approximate surface area is 93.6 Å². The zero-order valence-corrected chi connectivity index (χ0v) is 9.59. The first-order chi connectivity index (χ1) is 7.31. The van der Waals surface area contributed by atoms with E-state index in [9.17, 15) is 0 Å². The molecule has 4 nitrogen and oxygen atoms in total. The van der Waals surface area contributed by atoms with Gasteiger partial charge in [-0.15, -0.1) is 5.10 Å². The van der Waals surface area contributed by atoms with Crippen molar-refractivity contribution in [3.63, 3.8) is 0 Å². The Hall–Kier alpha value is -0.970. The zero-order chi connectivity index (χ0) is 10.7. The first kappa shape index (κ1) is 10.5. The average molecular weight is 225 g/mol. The summed E-state index contributed by atoms with van der Waals surface area (Å²) in [4.78, 5) is 0. The minimum Gasteiger partial charge on any atom is -0.478 e. The van der Waals surface area contributed by atoms with Crippen molar-refractivity contribution in [3.05, 3.63) is 11.8 Å². The van der Waals surface area contributed by atoms with Crippen LogP contribution >= 0.6 is 11.8 Å². The Bertz CT molecular complexity index is 339. The SMILES string of the molecule is COc1nnc(C2CCCCS2)cc1N. The molecule has 0 aromatic carbocycles. The average Bonchev–Trinajstić information content (AvgIpc) is 2.30. The van der Waals surface area contributed by atoms with Gasteiger partial charge in [-0.1, -0.05) is 6.42 Å². The number of nitrogens with zero attached hydrogens (tertiary/aromatic N) is 2. The van der Waals surface area contributed by atoms with E-state index < -0.39 is 0 Å². The van der Waals surface area contributed by atoms with Crippen LogP contribution in [0.25, 0.3) is 0 Å². The second kappa shape index (κ2) is 4.70. The topological polar surface area (TPSA) is 61.0 Å². The van der Waals surface area contributed by atoms with Gasteiger partial charge in [-0.05, 0) is 24.7 Å². The smallest absolute Gasteiger partial charge is 0.256 e. The quantitative estimate of drug-likeness (QED) is 0.834. The van der Waals surface area contributed by atoms with Crippen molar-refractivity contribution in [2.45, 2.75) is 24.5 Å². The van der Waals surface area contributed by atoms with Crippen LogP contribution in [0.2, 0.25) is 0 Å². The highest BCUT2D eigenvalue weighted by molar-refractivity contribution is 7.99. The molecule has 0 aliphatic carbocycles. The molecule has 1 aromatic heterocycles. The summed E-state index contributed by atoms with van der Waals surface area (Å²) in [5.41, 5.74) is 7.36. The molecule has 1 saturated heterocycles. The summed E-state index contributed by atoms with van der Waals surface area (Å²) in [5.74, 6) is 1.62. The largest absolute Gasteiger partial charge is 0.478 e. The fourth-order valence-electron chi connectivity index (χ4n) is 1.70. The van der Waals surface area contributed by atoms with E-state index in [0.29, 0.717) is 16.8 Å². The highest BCUT2D eigenvalue weighted by Gasteiger charge is 2.18. The number of nitrogens with two attached hydrogens (primary N) is 1. The summed E-state index contributed by atoms with van der Waals surface area (Å²) in [5, 5.41) is 8.58. The Morgan fingerprint density at radius 2 is 2.33 bits per heavy atom.